The molecule has 0 bridgehead atoms. The summed E-state index contributed by atoms with van der Waals surface area (Å²) in [5, 5.41) is 0. The maximum Gasteiger partial charge on any atom is 0.147 e. The van der Waals surface area contributed by atoms with E-state index in [9.17, 15) is 4.79 Å². The van der Waals surface area contributed by atoms with E-state index in [1.807, 2.05) is 54.3 Å². The van der Waals surface area contributed by atoms with E-state index < -0.39 is 0 Å². The first-order chi connectivity index (χ1) is 9.70. The standard InChI is InChI=1S/C16H15N3O/c1-11-6-7-12(17)8-15(11)19-10-18-14-5-3-2-4-13(14)16(19)9-20/h2-10,16H,17H2,1H3. The van der Waals surface area contributed by atoms with Crippen molar-refractivity contribution in [3.63, 3.8) is 0 Å². The zero-order valence-electron chi connectivity index (χ0n) is 11.2. The van der Waals surface area contributed by atoms with Gasteiger partial charge in [0.15, 0.2) is 0 Å². The molecular formula is C16H15N3O. The van der Waals surface area contributed by atoms with Crippen LogP contribution < -0.4 is 10.6 Å². The molecule has 4 nitrogen and oxygen atoms in total. The highest BCUT2D eigenvalue weighted by atomic mass is 16.1. The second-order valence-electron chi connectivity index (χ2n) is 4.84. The van der Waals surface area contributed by atoms with Crippen molar-refractivity contribution in [1.29, 1.82) is 0 Å². The van der Waals surface area contributed by atoms with Gasteiger partial charge in [0.1, 0.15) is 12.3 Å². The van der Waals surface area contributed by atoms with Gasteiger partial charge in [0.2, 0.25) is 0 Å². The number of nitrogens with zero attached hydrogens (tertiary/aromatic N) is 2. The van der Waals surface area contributed by atoms with Gasteiger partial charge in [0, 0.05) is 16.9 Å². The average molecular weight is 265 g/mol. The summed E-state index contributed by atoms with van der Waals surface area (Å²) in [5.41, 5.74) is 10.2. The van der Waals surface area contributed by atoms with Crippen molar-refractivity contribution in [3.05, 3.63) is 53.6 Å². The molecule has 0 saturated heterocycles. The van der Waals surface area contributed by atoms with Crippen LogP contribution in [-0.2, 0) is 4.79 Å². The van der Waals surface area contributed by atoms with Crippen molar-refractivity contribution >= 4 is 29.7 Å². The Bertz CT molecular complexity index is 694. The second kappa shape index (κ2) is 4.81. The minimum atomic E-state index is -0.371. The number of carbonyl (C=O) groups is 1. The number of nitrogens with two attached hydrogens (primary N) is 1. The number of para-hydroxylation sites is 1. The largest absolute Gasteiger partial charge is 0.399 e. The minimum absolute atomic E-state index is 0.371. The van der Waals surface area contributed by atoms with Crippen LogP contribution in [0, 0.1) is 6.92 Å². The summed E-state index contributed by atoms with van der Waals surface area (Å²) >= 11 is 0. The molecule has 2 aromatic carbocycles. The van der Waals surface area contributed by atoms with E-state index in [0.717, 1.165) is 28.8 Å². The van der Waals surface area contributed by atoms with E-state index in [-0.39, 0.29) is 6.04 Å². The smallest absolute Gasteiger partial charge is 0.147 e. The summed E-state index contributed by atoms with van der Waals surface area (Å²) in [4.78, 5) is 17.9. The number of rotatable bonds is 2. The molecule has 0 radical (unpaired) electrons. The third-order valence-corrected chi connectivity index (χ3v) is 3.52. The molecule has 0 amide bonds. The van der Waals surface area contributed by atoms with E-state index in [4.69, 9.17) is 5.73 Å². The highest BCUT2D eigenvalue weighted by Gasteiger charge is 2.25. The Balaban J connectivity index is 2.12. The number of hydrogen-bond donors (Lipinski definition) is 1. The monoisotopic (exact) mass is 265 g/mol. The molecule has 1 atom stereocenters. The van der Waals surface area contributed by atoms with Crippen LogP contribution in [0.4, 0.5) is 17.1 Å². The fourth-order valence-electron chi connectivity index (χ4n) is 2.46. The average Bonchev–Trinajstić information content (AvgIpc) is 2.48. The van der Waals surface area contributed by atoms with E-state index in [2.05, 4.69) is 4.99 Å². The maximum atomic E-state index is 11.6. The Hall–Kier alpha value is -2.62. The van der Waals surface area contributed by atoms with Crippen LogP contribution in [0.1, 0.15) is 17.2 Å². The number of benzene rings is 2. The van der Waals surface area contributed by atoms with E-state index in [1.54, 1.807) is 6.34 Å². The van der Waals surface area contributed by atoms with Gasteiger partial charge in [-0.2, -0.15) is 0 Å². The van der Waals surface area contributed by atoms with Gasteiger partial charge in [0.25, 0.3) is 0 Å². The van der Waals surface area contributed by atoms with E-state index in [0.29, 0.717) is 5.69 Å². The highest BCUT2D eigenvalue weighted by molar-refractivity contribution is 5.93. The molecule has 20 heavy (non-hydrogen) atoms. The SMILES string of the molecule is Cc1ccc(N)cc1N1C=Nc2ccccc2C1C=O. The lowest BCUT2D eigenvalue weighted by atomic mass is 10.0. The fraction of sp³-hybridized carbons (Fsp3) is 0.125. The molecule has 1 aliphatic rings. The zero-order valence-corrected chi connectivity index (χ0v) is 11.2. The number of fused-ring (bicyclic) bond motifs is 1. The first-order valence-corrected chi connectivity index (χ1v) is 6.43. The molecule has 100 valence electrons. The molecule has 0 fully saturated rings. The molecule has 1 unspecified atom stereocenters. The summed E-state index contributed by atoms with van der Waals surface area (Å²) in [7, 11) is 0. The molecule has 2 N–H and O–H groups in total. The van der Waals surface area contributed by atoms with E-state index >= 15 is 0 Å². The van der Waals surface area contributed by atoms with Crippen LogP contribution in [0.15, 0.2) is 47.5 Å². The third-order valence-electron chi connectivity index (χ3n) is 3.52. The molecule has 1 heterocycles. The predicted molar refractivity (Wildman–Crippen MR) is 81.5 cm³/mol. The molecule has 1 aliphatic heterocycles. The summed E-state index contributed by atoms with van der Waals surface area (Å²) in [6.45, 7) is 1.99. The van der Waals surface area contributed by atoms with Gasteiger partial charge in [-0.15, -0.1) is 0 Å². The molecule has 3 rings (SSSR count). The lowest BCUT2D eigenvalue weighted by Gasteiger charge is -2.31. The molecule has 0 aliphatic carbocycles. The number of aliphatic imine (C=N–C) groups is 1. The summed E-state index contributed by atoms with van der Waals surface area (Å²) in [6.07, 6.45) is 2.63. The Kier molecular flexibility index (Phi) is 2.99. The van der Waals surface area contributed by atoms with Crippen LogP contribution >= 0.6 is 0 Å². The minimum Gasteiger partial charge on any atom is -0.399 e. The zero-order chi connectivity index (χ0) is 14.1. The van der Waals surface area contributed by atoms with Crippen molar-refractivity contribution in [2.75, 3.05) is 10.6 Å². The van der Waals surface area contributed by atoms with Gasteiger partial charge in [-0.25, -0.2) is 4.99 Å². The second-order valence-corrected chi connectivity index (χ2v) is 4.84. The first-order valence-electron chi connectivity index (χ1n) is 6.43. The predicted octanol–water partition coefficient (Wildman–Crippen LogP) is 3.00. The third kappa shape index (κ3) is 1.95. The van der Waals surface area contributed by atoms with Gasteiger partial charge in [-0.05, 0) is 30.7 Å². The molecule has 4 heteroatoms. The van der Waals surface area contributed by atoms with Crippen molar-refractivity contribution in [3.8, 4) is 0 Å². The summed E-state index contributed by atoms with van der Waals surface area (Å²) in [5.74, 6) is 0. The van der Waals surface area contributed by atoms with Gasteiger partial charge in [0.05, 0.1) is 12.0 Å². The fourth-order valence-corrected chi connectivity index (χ4v) is 2.46. The molecule has 0 saturated carbocycles. The number of carbonyl (C=O) groups excluding carboxylic acids is 1. The number of hydrogen-bond acceptors (Lipinski definition) is 4. The van der Waals surface area contributed by atoms with Crippen LogP contribution in [0.5, 0.6) is 0 Å². The number of nitrogen functional groups attached to an aromatic ring is 1. The van der Waals surface area contributed by atoms with Gasteiger partial charge >= 0.3 is 0 Å². The van der Waals surface area contributed by atoms with Gasteiger partial charge in [-0.1, -0.05) is 24.3 Å². The summed E-state index contributed by atoms with van der Waals surface area (Å²) in [6, 6.07) is 13.0. The van der Waals surface area contributed by atoms with Gasteiger partial charge < -0.3 is 15.4 Å². The normalized spacial score (nSPS) is 16.9. The van der Waals surface area contributed by atoms with Crippen LogP contribution in [0.3, 0.4) is 0 Å². The van der Waals surface area contributed by atoms with Crippen molar-refractivity contribution in [1.82, 2.24) is 0 Å². The Labute approximate surface area is 117 Å². The Morgan fingerprint density at radius 1 is 1.25 bits per heavy atom. The Morgan fingerprint density at radius 3 is 2.85 bits per heavy atom. The topological polar surface area (TPSA) is 58.7 Å². The van der Waals surface area contributed by atoms with Crippen molar-refractivity contribution in [2.45, 2.75) is 13.0 Å². The first kappa shape index (κ1) is 12.4. The molecule has 2 aromatic rings. The van der Waals surface area contributed by atoms with Crippen molar-refractivity contribution in [2.24, 2.45) is 4.99 Å². The molecule has 0 spiro atoms. The van der Waals surface area contributed by atoms with Gasteiger partial charge in [-0.3, -0.25) is 0 Å². The highest BCUT2D eigenvalue weighted by Crippen LogP contribution is 2.36. The lowest BCUT2D eigenvalue weighted by molar-refractivity contribution is -0.108. The Morgan fingerprint density at radius 2 is 2.05 bits per heavy atom. The van der Waals surface area contributed by atoms with Crippen LogP contribution in [-0.4, -0.2) is 12.6 Å². The quantitative estimate of drug-likeness (QED) is 0.670. The maximum absolute atomic E-state index is 11.6. The van der Waals surface area contributed by atoms with E-state index in [1.165, 1.54) is 0 Å². The number of anilines is 2. The number of aryl methyl sites for hydroxylation is 1. The molecule has 0 aromatic heterocycles. The lowest BCUT2D eigenvalue weighted by Crippen LogP contribution is -2.31. The van der Waals surface area contributed by atoms with Crippen LogP contribution in [0.25, 0.3) is 0 Å². The summed E-state index contributed by atoms with van der Waals surface area (Å²) < 4.78 is 0. The number of aldehydes is 1. The molecular weight excluding hydrogens is 250 g/mol. The van der Waals surface area contributed by atoms with Crippen LogP contribution in [0.2, 0.25) is 0 Å². The van der Waals surface area contributed by atoms with Crippen molar-refractivity contribution < 1.29 is 4.79 Å².